The Bertz CT molecular complexity index is 2240. The molecule has 1 aromatic heterocycles. The van der Waals surface area contributed by atoms with E-state index in [4.69, 9.17) is 11.6 Å². The maximum atomic E-state index is 6.78. The molecule has 0 spiro atoms. The molecule has 0 atom stereocenters. The van der Waals surface area contributed by atoms with Crippen LogP contribution in [0.25, 0.3) is 42.4 Å². The molecule has 0 radical (unpaired) electrons. The maximum Gasteiger partial charge on any atom is 0.0560 e. The Morgan fingerprint density at radius 1 is 0.542 bits per heavy atom. The summed E-state index contributed by atoms with van der Waals surface area (Å²) >= 11 is 12.4. The summed E-state index contributed by atoms with van der Waals surface area (Å²) in [5, 5.41) is 3.17. The van der Waals surface area contributed by atoms with Crippen molar-refractivity contribution in [1.82, 2.24) is 0 Å². The van der Waals surface area contributed by atoms with Gasteiger partial charge in [-0.25, -0.2) is 0 Å². The molecule has 0 aliphatic heterocycles. The summed E-state index contributed by atoms with van der Waals surface area (Å²) in [6.45, 7) is 13.8. The largest absolute Gasteiger partial charge is 0.310 e. The van der Waals surface area contributed by atoms with E-state index in [0.717, 1.165) is 21.5 Å². The summed E-state index contributed by atoms with van der Waals surface area (Å²) in [6, 6.07) is 46.3. The average Bonchev–Trinajstić information content (AvgIpc) is 3.43. The van der Waals surface area contributed by atoms with Gasteiger partial charge in [0.05, 0.1) is 5.69 Å². The highest BCUT2D eigenvalue weighted by Gasteiger charge is 2.23. The SMILES string of the molecule is CC(C)(C)c1cc(-c2cccc(N(c3cc(Cl)cc(Br)c3)c3cc(-c4ccccc4)cc4sc5ccccc5c34)c2)cc(C(C)(C)C)c1. The molecular formula is C44H39BrClNS. The van der Waals surface area contributed by atoms with Crippen molar-refractivity contribution in [2.45, 2.75) is 52.4 Å². The van der Waals surface area contributed by atoms with Crippen LogP contribution in [0.15, 0.2) is 132 Å². The van der Waals surface area contributed by atoms with Crippen LogP contribution in [0.1, 0.15) is 52.7 Å². The molecule has 0 fully saturated rings. The molecule has 7 aromatic rings. The highest BCUT2D eigenvalue weighted by molar-refractivity contribution is 9.10. The van der Waals surface area contributed by atoms with Crippen LogP contribution in [-0.2, 0) is 10.8 Å². The first-order valence-corrected chi connectivity index (χ1v) is 18.4. The number of nitrogens with zero attached hydrogens (tertiary/aromatic N) is 1. The molecule has 0 bridgehead atoms. The minimum absolute atomic E-state index is 0.0240. The monoisotopic (exact) mass is 727 g/mol. The molecule has 48 heavy (non-hydrogen) atoms. The van der Waals surface area contributed by atoms with Gasteiger partial charge >= 0.3 is 0 Å². The molecule has 4 heteroatoms. The fourth-order valence-electron chi connectivity index (χ4n) is 6.39. The normalized spacial score (nSPS) is 12.2. The van der Waals surface area contributed by atoms with Gasteiger partial charge in [-0.1, -0.05) is 148 Å². The molecule has 7 rings (SSSR count). The molecule has 240 valence electrons. The number of thiophene rings is 1. The topological polar surface area (TPSA) is 3.24 Å². The van der Waals surface area contributed by atoms with Gasteiger partial charge < -0.3 is 4.90 Å². The lowest BCUT2D eigenvalue weighted by molar-refractivity contribution is 0.569. The van der Waals surface area contributed by atoms with Crippen molar-refractivity contribution >= 4 is 76.1 Å². The van der Waals surface area contributed by atoms with Crippen molar-refractivity contribution in [3.8, 4) is 22.3 Å². The third-order valence-corrected chi connectivity index (χ3v) is 10.8. The molecule has 0 amide bonds. The summed E-state index contributed by atoms with van der Waals surface area (Å²) in [6.07, 6.45) is 0. The van der Waals surface area contributed by atoms with Gasteiger partial charge in [0.25, 0.3) is 0 Å². The van der Waals surface area contributed by atoms with Crippen molar-refractivity contribution in [3.63, 3.8) is 0 Å². The lowest BCUT2D eigenvalue weighted by atomic mass is 9.79. The number of benzene rings is 6. The van der Waals surface area contributed by atoms with Gasteiger partial charge in [-0.2, -0.15) is 0 Å². The zero-order chi connectivity index (χ0) is 33.8. The van der Waals surface area contributed by atoms with Gasteiger partial charge in [-0.3, -0.25) is 0 Å². The van der Waals surface area contributed by atoms with Gasteiger partial charge in [-0.15, -0.1) is 11.3 Å². The Hall–Kier alpha value is -3.89. The second kappa shape index (κ2) is 12.5. The molecular weight excluding hydrogens is 690 g/mol. The van der Waals surface area contributed by atoms with E-state index < -0.39 is 0 Å². The van der Waals surface area contributed by atoms with Crippen LogP contribution in [0, 0.1) is 0 Å². The highest BCUT2D eigenvalue weighted by atomic mass is 79.9. The Kier molecular flexibility index (Phi) is 8.52. The summed E-state index contributed by atoms with van der Waals surface area (Å²) in [5.74, 6) is 0. The predicted octanol–water partition coefficient (Wildman–Crippen LogP) is 14.9. The van der Waals surface area contributed by atoms with Crippen LogP contribution in [0.5, 0.6) is 0 Å². The standard InChI is InChI=1S/C44H39BrClNS/c1-43(2,3)32-19-30(20-33(24-32)44(4,5)6)29-15-12-16-36(21-29)47(37-26-34(45)25-35(46)27-37)39-22-31(28-13-8-7-9-14-28)23-41-42(39)38-17-10-11-18-40(38)48-41/h7-27H,1-6H3. The summed E-state index contributed by atoms with van der Waals surface area (Å²) in [4.78, 5) is 2.38. The molecule has 0 saturated carbocycles. The first kappa shape index (κ1) is 32.6. The maximum absolute atomic E-state index is 6.78. The van der Waals surface area contributed by atoms with E-state index in [1.807, 2.05) is 17.4 Å². The van der Waals surface area contributed by atoms with E-state index in [1.54, 1.807) is 0 Å². The van der Waals surface area contributed by atoms with Crippen molar-refractivity contribution in [3.05, 3.63) is 148 Å². The Balaban J connectivity index is 1.52. The minimum atomic E-state index is 0.0240. The number of hydrogen-bond donors (Lipinski definition) is 0. The van der Waals surface area contributed by atoms with Gasteiger partial charge in [0, 0.05) is 41.0 Å². The average molecular weight is 729 g/mol. The summed E-state index contributed by atoms with van der Waals surface area (Å²) in [5.41, 5.74) is 10.7. The molecule has 0 aliphatic carbocycles. The third-order valence-electron chi connectivity index (χ3n) is 9.01. The van der Waals surface area contributed by atoms with Crippen molar-refractivity contribution in [1.29, 1.82) is 0 Å². The third kappa shape index (κ3) is 6.44. The van der Waals surface area contributed by atoms with Gasteiger partial charge in [0.2, 0.25) is 0 Å². The van der Waals surface area contributed by atoms with E-state index in [0.29, 0.717) is 5.02 Å². The summed E-state index contributed by atoms with van der Waals surface area (Å²) < 4.78 is 3.46. The molecule has 0 aliphatic rings. The summed E-state index contributed by atoms with van der Waals surface area (Å²) in [7, 11) is 0. The Labute approximate surface area is 302 Å². The number of fused-ring (bicyclic) bond motifs is 3. The second-order valence-corrected chi connectivity index (χ2v) is 17.1. The van der Waals surface area contributed by atoms with Crippen LogP contribution < -0.4 is 4.90 Å². The fraction of sp³-hybridized carbons (Fsp3) is 0.182. The fourth-order valence-corrected chi connectivity index (χ4v) is 8.40. The minimum Gasteiger partial charge on any atom is -0.310 e. The van der Waals surface area contributed by atoms with E-state index in [9.17, 15) is 0 Å². The van der Waals surface area contributed by atoms with E-state index in [1.165, 1.54) is 53.6 Å². The van der Waals surface area contributed by atoms with Crippen molar-refractivity contribution in [2.24, 2.45) is 0 Å². The first-order valence-electron chi connectivity index (χ1n) is 16.4. The van der Waals surface area contributed by atoms with Gasteiger partial charge in [0.15, 0.2) is 0 Å². The molecule has 6 aromatic carbocycles. The van der Waals surface area contributed by atoms with Gasteiger partial charge in [-0.05, 0) is 92.7 Å². The van der Waals surface area contributed by atoms with E-state index in [2.05, 4.69) is 184 Å². The Morgan fingerprint density at radius 3 is 1.88 bits per heavy atom. The quantitative estimate of drug-likeness (QED) is 0.171. The van der Waals surface area contributed by atoms with Crippen molar-refractivity contribution < 1.29 is 0 Å². The number of rotatable bonds is 5. The second-order valence-electron chi connectivity index (χ2n) is 14.6. The zero-order valence-corrected chi connectivity index (χ0v) is 31.4. The van der Waals surface area contributed by atoms with Crippen LogP contribution >= 0.6 is 38.9 Å². The number of halogens is 2. The van der Waals surface area contributed by atoms with Crippen molar-refractivity contribution in [2.75, 3.05) is 4.90 Å². The Morgan fingerprint density at radius 2 is 1.19 bits per heavy atom. The molecule has 0 N–H and O–H groups in total. The lowest BCUT2D eigenvalue weighted by Crippen LogP contribution is -2.16. The van der Waals surface area contributed by atoms with E-state index in [-0.39, 0.29) is 10.8 Å². The molecule has 1 heterocycles. The smallest absolute Gasteiger partial charge is 0.0560 e. The first-order chi connectivity index (χ1) is 22.8. The lowest BCUT2D eigenvalue weighted by Gasteiger charge is -2.29. The van der Waals surface area contributed by atoms with Crippen LogP contribution in [0.3, 0.4) is 0 Å². The van der Waals surface area contributed by atoms with Crippen LogP contribution in [0.4, 0.5) is 17.1 Å². The molecule has 1 nitrogen and oxygen atoms in total. The number of anilines is 3. The zero-order valence-electron chi connectivity index (χ0n) is 28.2. The molecule has 0 saturated heterocycles. The van der Waals surface area contributed by atoms with E-state index >= 15 is 0 Å². The molecule has 0 unspecified atom stereocenters. The predicted molar refractivity (Wildman–Crippen MR) is 215 cm³/mol. The van der Waals surface area contributed by atoms with Gasteiger partial charge in [0.1, 0.15) is 0 Å². The number of hydrogen-bond acceptors (Lipinski definition) is 2. The highest BCUT2D eigenvalue weighted by Crippen LogP contribution is 2.48. The van der Waals surface area contributed by atoms with Crippen LogP contribution in [-0.4, -0.2) is 0 Å². The van der Waals surface area contributed by atoms with Crippen LogP contribution in [0.2, 0.25) is 5.02 Å².